The van der Waals surface area contributed by atoms with E-state index in [4.69, 9.17) is 4.74 Å². The number of β-amino-alcohol motifs (C(OH)–C–C–N with tert-alkyl or cyclic N) is 1. The van der Waals surface area contributed by atoms with Crippen LogP contribution < -0.4 is 0 Å². The van der Waals surface area contributed by atoms with Crippen LogP contribution in [0, 0.1) is 10.1 Å². The largest absolute Gasteiger partial charge is 0.390 e. The van der Waals surface area contributed by atoms with Gasteiger partial charge in [-0.2, -0.15) is 16.4 Å². The van der Waals surface area contributed by atoms with E-state index in [2.05, 4.69) is 21.4 Å². The summed E-state index contributed by atoms with van der Waals surface area (Å²) in [6.07, 6.45) is 1.91. The SMILES string of the molecule is O=[N+]([O-])c1cnn(C[C@@H](O)CN2CCO[C@H](c3ccsc3)C2)c1. The number of morpholine rings is 1. The Hall–Kier alpha value is -1.81. The molecule has 0 aromatic carbocycles. The summed E-state index contributed by atoms with van der Waals surface area (Å²) >= 11 is 1.64. The zero-order valence-electron chi connectivity index (χ0n) is 12.4. The Morgan fingerprint density at radius 1 is 1.57 bits per heavy atom. The van der Waals surface area contributed by atoms with Gasteiger partial charge in [0.15, 0.2) is 0 Å². The summed E-state index contributed by atoms with van der Waals surface area (Å²) in [5.41, 5.74) is 1.10. The van der Waals surface area contributed by atoms with Crippen LogP contribution in [0.3, 0.4) is 0 Å². The van der Waals surface area contributed by atoms with E-state index >= 15 is 0 Å². The number of ether oxygens (including phenoxy) is 1. The second-order valence-electron chi connectivity index (χ2n) is 5.51. The van der Waals surface area contributed by atoms with Crippen LogP contribution in [0.15, 0.2) is 29.2 Å². The van der Waals surface area contributed by atoms with Gasteiger partial charge in [0.1, 0.15) is 12.4 Å². The van der Waals surface area contributed by atoms with Crippen molar-refractivity contribution in [3.63, 3.8) is 0 Å². The zero-order valence-corrected chi connectivity index (χ0v) is 13.3. The maximum atomic E-state index is 10.6. The van der Waals surface area contributed by atoms with Gasteiger partial charge in [0, 0.05) is 19.6 Å². The lowest BCUT2D eigenvalue weighted by Crippen LogP contribution is -2.43. The molecule has 9 heteroatoms. The van der Waals surface area contributed by atoms with Gasteiger partial charge in [-0.05, 0) is 22.4 Å². The smallest absolute Gasteiger partial charge is 0.306 e. The predicted molar refractivity (Wildman–Crippen MR) is 84.3 cm³/mol. The number of thiophene rings is 1. The third-order valence-electron chi connectivity index (χ3n) is 3.76. The van der Waals surface area contributed by atoms with Crippen LogP contribution in [0.5, 0.6) is 0 Å². The van der Waals surface area contributed by atoms with E-state index in [0.29, 0.717) is 13.2 Å². The van der Waals surface area contributed by atoms with Gasteiger partial charge >= 0.3 is 5.69 Å². The Kier molecular flexibility index (Phi) is 5.01. The third-order valence-corrected chi connectivity index (χ3v) is 4.46. The second-order valence-corrected chi connectivity index (χ2v) is 6.29. The van der Waals surface area contributed by atoms with Crippen LogP contribution >= 0.6 is 11.3 Å². The Morgan fingerprint density at radius 3 is 3.13 bits per heavy atom. The van der Waals surface area contributed by atoms with Crippen molar-refractivity contribution in [3.8, 4) is 0 Å². The van der Waals surface area contributed by atoms with Gasteiger partial charge in [-0.1, -0.05) is 0 Å². The van der Waals surface area contributed by atoms with E-state index in [0.717, 1.165) is 18.7 Å². The molecule has 0 bridgehead atoms. The molecule has 23 heavy (non-hydrogen) atoms. The van der Waals surface area contributed by atoms with Gasteiger partial charge in [-0.25, -0.2) is 0 Å². The molecular formula is C14H18N4O4S. The highest BCUT2D eigenvalue weighted by molar-refractivity contribution is 7.07. The van der Waals surface area contributed by atoms with Crippen molar-refractivity contribution in [2.45, 2.75) is 18.8 Å². The Bertz CT molecular complexity index is 645. The molecule has 8 nitrogen and oxygen atoms in total. The Morgan fingerprint density at radius 2 is 2.43 bits per heavy atom. The first kappa shape index (κ1) is 16.1. The van der Waals surface area contributed by atoms with E-state index in [1.165, 1.54) is 17.1 Å². The molecule has 1 N–H and O–H groups in total. The molecule has 0 unspecified atom stereocenters. The molecule has 3 heterocycles. The summed E-state index contributed by atoms with van der Waals surface area (Å²) in [7, 11) is 0. The molecule has 1 saturated heterocycles. The molecule has 0 spiro atoms. The first-order chi connectivity index (χ1) is 11.1. The van der Waals surface area contributed by atoms with Crippen LogP contribution in [0.1, 0.15) is 11.7 Å². The number of nitrogens with zero attached hydrogens (tertiary/aromatic N) is 4. The summed E-state index contributed by atoms with van der Waals surface area (Å²) < 4.78 is 7.18. The molecule has 0 aliphatic carbocycles. The summed E-state index contributed by atoms with van der Waals surface area (Å²) in [4.78, 5) is 12.3. The number of aromatic nitrogens is 2. The highest BCUT2D eigenvalue weighted by atomic mass is 32.1. The van der Waals surface area contributed by atoms with Crippen LogP contribution in [0.4, 0.5) is 5.69 Å². The maximum Gasteiger partial charge on any atom is 0.306 e. The minimum Gasteiger partial charge on any atom is -0.390 e. The monoisotopic (exact) mass is 338 g/mol. The van der Waals surface area contributed by atoms with Crippen molar-refractivity contribution in [2.75, 3.05) is 26.2 Å². The number of hydrogen-bond donors (Lipinski definition) is 1. The average Bonchev–Trinajstić information content (AvgIpc) is 3.18. The van der Waals surface area contributed by atoms with Gasteiger partial charge in [0.05, 0.1) is 30.3 Å². The lowest BCUT2D eigenvalue weighted by molar-refractivity contribution is -0.385. The number of aliphatic hydroxyl groups is 1. The fraction of sp³-hybridized carbons (Fsp3) is 0.500. The van der Waals surface area contributed by atoms with Gasteiger partial charge in [0.25, 0.3) is 0 Å². The molecule has 0 saturated carbocycles. The standard InChI is InChI=1S/C14H18N4O4S/c19-13(8-17-6-12(5-15-17)18(20)21)7-16-2-3-22-14(9-16)11-1-4-23-10-11/h1,4-6,10,13-14,19H,2-3,7-9H2/t13-,14-/m0/s1. The summed E-state index contributed by atoms with van der Waals surface area (Å²) in [5, 5.41) is 28.8. The topological polar surface area (TPSA) is 93.7 Å². The first-order valence-corrected chi connectivity index (χ1v) is 8.27. The van der Waals surface area contributed by atoms with E-state index in [1.54, 1.807) is 11.3 Å². The van der Waals surface area contributed by atoms with E-state index < -0.39 is 11.0 Å². The van der Waals surface area contributed by atoms with Crippen LogP contribution in [0.2, 0.25) is 0 Å². The van der Waals surface area contributed by atoms with Crippen molar-refractivity contribution in [1.29, 1.82) is 0 Å². The van der Waals surface area contributed by atoms with Crippen LogP contribution in [-0.2, 0) is 11.3 Å². The van der Waals surface area contributed by atoms with Crippen LogP contribution in [0.25, 0.3) is 0 Å². The molecule has 2 aromatic rings. The second kappa shape index (κ2) is 7.18. The van der Waals surface area contributed by atoms with Gasteiger partial charge in [0.2, 0.25) is 0 Å². The highest BCUT2D eigenvalue weighted by Crippen LogP contribution is 2.24. The summed E-state index contributed by atoms with van der Waals surface area (Å²) in [6.45, 7) is 2.83. The van der Waals surface area contributed by atoms with Gasteiger partial charge < -0.3 is 9.84 Å². The van der Waals surface area contributed by atoms with E-state index in [1.807, 2.05) is 5.38 Å². The number of rotatable bonds is 6. The molecular weight excluding hydrogens is 320 g/mol. The Labute approximate surface area is 137 Å². The lowest BCUT2D eigenvalue weighted by Gasteiger charge is -2.33. The molecule has 124 valence electrons. The average molecular weight is 338 g/mol. The molecule has 1 aliphatic heterocycles. The summed E-state index contributed by atoms with van der Waals surface area (Å²) in [5.74, 6) is 0. The third kappa shape index (κ3) is 4.14. The molecule has 3 rings (SSSR count). The van der Waals surface area contributed by atoms with Gasteiger partial charge in [-0.3, -0.25) is 19.7 Å². The normalized spacial score (nSPS) is 20.5. The first-order valence-electron chi connectivity index (χ1n) is 7.33. The van der Waals surface area contributed by atoms with Gasteiger partial charge in [-0.15, -0.1) is 0 Å². The van der Waals surface area contributed by atoms with E-state index in [9.17, 15) is 15.2 Å². The van der Waals surface area contributed by atoms with Crippen molar-refractivity contribution in [1.82, 2.24) is 14.7 Å². The molecule has 2 aromatic heterocycles. The molecule has 0 amide bonds. The fourth-order valence-corrected chi connectivity index (χ4v) is 3.35. The number of hydrogen-bond acceptors (Lipinski definition) is 7. The lowest BCUT2D eigenvalue weighted by atomic mass is 10.1. The van der Waals surface area contributed by atoms with Crippen LogP contribution in [-0.4, -0.2) is 57.1 Å². The number of nitro groups is 1. The predicted octanol–water partition coefficient (Wildman–Crippen LogP) is 1.29. The molecule has 2 atom stereocenters. The molecule has 1 fully saturated rings. The highest BCUT2D eigenvalue weighted by Gasteiger charge is 2.24. The Balaban J connectivity index is 1.52. The zero-order chi connectivity index (χ0) is 16.2. The molecule has 1 aliphatic rings. The number of aliphatic hydroxyl groups excluding tert-OH is 1. The molecule has 0 radical (unpaired) electrons. The van der Waals surface area contributed by atoms with E-state index in [-0.39, 0.29) is 18.3 Å². The van der Waals surface area contributed by atoms with Crippen molar-refractivity contribution >= 4 is 17.0 Å². The quantitative estimate of drug-likeness (QED) is 0.630. The minimum atomic E-state index is -0.643. The van der Waals surface area contributed by atoms with Crippen molar-refractivity contribution in [2.24, 2.45) is 0 Å². The fourth-order valence-electron chi connectivity index (χ4n) is 2.65. The minimum absolute atomic E-state index is 0.0352. The summed E-state index contributed by atoms with van der Waals surface area (Å²) in [6, 6.07) is 2.05. The van der Waals surface area contributed by atoms with Crippen molar-refractivity contribution in [3.05, 3.63) is 44.9 Å². The maximum absolute atomic E-state index is 10.6. The van der Waals surface area contributed by atoms with Crippen molar-refractivity contribution < 1.29 is 14.8 Å².